The van der Waals surface area contributed by atoms with E-state index in [-0.39, 0.29) is 6.61 Å². The zero-order chi connectivity index (χ0) is 8.65. The second-order valence-electron chi connectivity index (χ2n) is 3.43. The highest BCUT2D eigenvalue weighted by Gasteiger charge is 2.10. The summed E-state index contributed by atoms with van der Waals surface area (Å²) < 4.78 is 0. The molecule has 70 valence electrons. The van der Waals surface area contributed by atoms with E-state index in [0.29, 0.717) is 0 Å². The number of nitrogens with one attached hydrogen (secondary N) is 1. The number of hydrogen-bond donors (Lipinski definition) is 2. The summed E-state index contributed by atoms with van der Waals surface area (Å²) in [7, 11) is 0. The van der Waals surface area contributed by atoms with E-state index in [4.69, 9.17) is 5.11 Å². The number of aliphatic hydroxyl groups excluding tert-OH is 1. The van der Waals surface area contributed by atoms with Crippen LogP contribution in [0, 0.1) is 5.92 Å². The van der Waals surface area contributed by atoms with Crippen molar-refractivity contribution in [1.82, 2.24) is 5.32 Å². The average Bonchev–Trinajstić information content (AvgIpc) is 2.14. The van der Waals surface area contributed by atoms with Crippen LogP contribution in [-0.2, 0) is 0 Å². The van der Waals surface area contributed by atoms with Gasteiger partial charge in [0.15, 0.2) is 0 Å². The summed E-state index contributed by atoms with van der Waals surface area (Å²) in [4.78, 5) is 0. The summed E-state index contributed by atoms with van der Waals surface area (Å²) >= 11 is 0. The van der Waals surface area contributed by atoms with Crippen molar-refractivity contribution >= 4 is 0 Å². The lowest BCUT2D eigenvalue weighted by Crippen LogP contribution is -2.29. The smallest absolute Gasteiger partial charge is 0.0465 e. The Labute approximate surface area is 74.7 Å². The third-order valence-corrected chi connectivity index (χ3v) is 2.33. The molecule has 1 rings (SSSR count). The standard InChI is InChI=1S/C10H19NO/c12-8-3-1-2-5-10-6-4-7-11-9-10/h1-2,10-12H,3-9H2/b2-1-. The SMILES string of the molecule is OCC/C=C\CC1CCCNC1. The molecule has 2 nitrogen and oxygen atoms in total. The Kier molecular flexibility index (Phi) is 5.04. The summed E-state index contributed by atoms with van der Waals surface area (Å²) in [6, 6.07) is 0. The fourth-order valence-electron chi connectivity index (χ4n) is 1.61. The Morgan fingerprint density at radius 3 is 3.00 bits per heavy atom. The van der Waals surface area contributed by atoms with E-state index in [1.165, 1.54) is 32.4 Å². The topological polar surface area (TPSA) is 32.3 Å². The fourth-order valence-corrected chi connectivity index (χ4v) is 1.61. The normalized spacial score (nSPS) is 24.9. The molecule has 12 heavy (non-hydrogen) atoms. The van der Waals surface area contributed by atoms with Crippen LogP contribution in [0.5, 0.6) is 0 Å². The Morgan fingerprint density at radius 1 is 1.42 bits per heavy atom. The highest BCUT2D eigenvalue weighted by molar-refractivity contribution is 4.85. The lowest BCUT2D eigenvalue weighted by molar-refractivity contribution is 0.302. The van der Waals surface area contributed by atoms with Gasteiger partial charge in [-0.15, -0.1) is 0 Å². The van der Waals surface area contributed by atoms with Crippen molar-refractivity contribution in [2.45, 2.75) is 25.7 Å². The zero-order valence-electron chi connectivity index (χ0n) is 7.63. The molecule has 1 fully saturated rings. The highest BCUT2D eigenvalue weighted by Crippen LogP contribution is 2.14. The zero-order valence-corrected chi connectivity index (χ0v) is 7.63. The molecule has 0 aromatic heterocycles. The second kappa shape index (κ2) is 6.21. The minimum Gasteiger partial charge on any atom is -0.396 e. The predicted molar refractivity (Wildman–Crippen MR) is 51.1 cm³/mol. The van der Waals surface area contributed by atoms with E-state index in [0.717, 1.165) is 12.3 Å². The molecule has 0 aromatic carbocycles. The Bertz CT molecular complexity index is 128. The van der Waals surface area contributed by atoms with Gasteiger partial charge in [0.1, 0.15) is 0 Å². The first-order chi connectivity index (χ1) is 5.93. The van der Waals surface area contributed by atoms with Crippen molar-refractivity contribution in [3.63, 3.8) is 0 Å². The van der Waals surface area contributed by atoms with Gasteiger partial charge in [-0.05, 0) is 44.7 Å². The maximum Gasteiger partial charge on any atom is 0.0465 e. The molecule has 1 unspecified atom stereocenters. The lowest BCUT2D eigenvalue weighted by Gasteiger charge is -2.21. The average molecular weight is 169 g/mol. The molecule has 0 aromatic rings. The van der Waals surface area contributed by atoms with Crippen LogP contribution in [-0.4, -0.2) is 24.8 Å². The largest absolute Gasteiger partial charge is 0.396 e. The van der Waals surface area contributed by atoms with Crippen molar-refractivity contribution in [1.29, 1.82) is 0 Å². The number of rotatable bonds is 4. The van der Waals surface area contributed by atoms with Crippen LogP contribution in [0.2, 0.25) is 0 Å². The molecule has 0 amide bonds. The van der Waals surface area contributed by atoms with E-state index in [2.05, 4.69) is 17.5 Å². The van der Waals surface area contributed by atoms with E-state index in [1.54, 1.807) is 0 Å². The summed E-state index contributed by atoms with van der Waals surface area (Å²) in [5.41, 5.74) is 0. The third-order valence-electron chi connectivity index (χ3n) is 2.33. The highest BCUT2D eigenvalue weighted by atomic mass is 16.2. The van der Waals surface area contributed by atoms with E-state index < -0.39 is 0 Å². The van der Waals surface area contributed by atoms with E-state index >= 15 is 0 Å². The van der Waals surface area contributed by atoms with Gasteiger partial charge < -0.3 is 10.4 Å². The minimum absolute atomic E-state index is 0.277. The Hall–Kier alpha value is -0.340. The predicted octanol–water partition coefficient (Wildman–Crippen LogP) is 1.31. The van der Waals surface area contributed by atoms with Gasteiger partial charge in [0.2, 0.25) is 0 Å². The lowest BCUT2D eigenvalue weighted by atomic mass is 9.96. The van der Waals surface area contributed by atoms with Crippen LogP contribution in [0.3, 0.4) is 0 Å². The second-order valence-corrected chi connectivity index (χ2v) is 3.43. The molecule has 1 atom stereocenters. The molecule has 0 aliphatic carbocycles. The van der Waals surface area contributed by atoms with E-state index in [1.807, 2.05) is 0 Å². The van der Waals surface area contributed by atoms with Crippen molar-refractivity contribution in [3.8, 4) is 0 Å². The van der Waals surface area contributed by atoms with Crippen molar-refractivity contribution < 1.29 is 5.11 Å². The molecule has 1 aliphatic heterocycles. The van der Waals surface area contributed by atoms with Crippen LogP contribution >= 0.6 is 0 Å². The summed E-state index contributed by atoms with van der Waals surface area (Å²) in [5.74, 6) is 0.827. The van der Waals surface area contributed by atoms with Gasteiger partial charge in [-0.25, -0.2) is 0 Å². The molecule has 2 heteroatoms. The van der Waals surface area contributed by atoms with Crippen LogP contribution in [0.1, 0.15) is 25.7 Å². The number of allylic oxidation sites excluding steroid dienone is 1. The first kappa shape index (κ1) is 9.75. The summed E-state index contributed by atoms with van der Waals surface area (Å²) in [5, 5.41) is 11.9. The maximum absolute atomic E-state index is 8.54. The molecule has 0 saturated carbocycles. The number of hydrogen-bond acceptors (Lipinski definition) is 2. The first-order valence-electron chi connectivity index (χ1n) is 4.90. The Balaban J connectivity index is 2.04. The van der Waals surface area contributed by atoms with Gasteiger partial charge in [0.25, 0.3) is 0 Å². The fraction of sp³-hybridized carbons (Fsp3) is 0.800. The molecule has 1 heterocycles. The molecule has 2 N–H and O–H groups in total. The van der Waals surface area contributed by atoms with E-state index in [9.17, 15) is 0 Å². The van der Waals surface area contributed by atoms with Crippen LogP contribution in [0.15, 0.2) is 12.2 Å². The Morgan fingerprint density at radius 2 is 2.33 bits per heavy atom. The van der Waals surface area contributed by atoms with Crippen molar-refractivity contribution in [2.75, 3.05) is 19.7 Å². The number of aliphatic hydroxyl groups is 1. The van der Waals surface area contributed by atoms with Gasteiger partial charge in [0, 0.05) is 6.61 Å². The van der Waals surface area contributed by atoms with Gasteiger partial charge >= 0.3 is 0 Å². The molecular weight excluding hydrogens is 150 g/mol. The summed E-state index contributed by atoms with van der Waals surface area (Å²) in [6.07, 6.45) is 8.94. The van der Waals surface area contributed by atoms with Crippen LogP contribution in [0.4, 0.5) is 0 Å². The van der Waals surface area contributed by atoms with Gasteiger partial charge in [-0.1, -0.05) is 12.2 Å². The molecular formula is C10H19NO. The van der Waals surface area contributed by atoms with Gasteiger partial charge in [-0.3, -0.25) is 0 Å². The van der Waals surface area contributed by atoms with Gasteiger partial charge in [0.05, 0.1) is 0 Å². The first-order valence-corrected chi connectivity index (χ1v) is 4.90. The third kappa shape index (κ3) is 3.88. The van der Waals surface area contributed by atoms with Crippen molar-refractivity contribution in [3.05, 3.63) is 12.2 Å². The molecule has 0 bridgehead atoms. The van der Waals surface area contributed by atoms with Crippen LogP contribution in [0.25, 0.3) is 0 Å². The molecule has 0 spiro atoms. The molecule has 1 aliphatic rings. The minimum atomic E-state index is 0.277. The quantitative estimate of drug-likeness (QED) is 0.622. The molecule has 1 saturated heterocycles. The van der Waals surface area contributed by atoms with Gasteiger partial charge in [-0.2, -0.15) is 0 Å². The molecule has 0 radical (unpaired) electrons. The monoisotopic (exact) mass is 169 g/mol. The van der Waals surface area contributed by atoms with Crippen molar-refractivity contribution in [2.24, 2.45) is 5.92 Å². The maximum atomic E-state index is 8.54. The van der Waals surface area contributed by atoms with Crippen LogP contribution < -0.4 is 5.32 Å². The summed E-state index contributed by atoms with van der Waals surface area (Å²) in [6.45, 7) is 2.64. The number of piperidine rings is 1.